The van der Waals surface area contributed by atoms with Gasteiger partial charge in [0.15, 0.2) is 6.29 Å². The van der Waals surface area contributed by atoms with E-state index in [0.29, 0.717) is 16.8 Å². The molecule has 1 aliphatic heterocycles. The van der Waals surface area contributed by atoms with Crippen LogP contribution in [0.5, 0.6) is 0 Å². The smallest absolute Gasteiger partial charge is 0.407 e. The topological polar surface area (TPSA) is 131 Å². The zero-order valence-corrected chi connectivity index (χ0v) is 24.3. The maximum Gasteiger partial charge on any atom is 0.407 e. The van der Waals surface area contributed by atoms with Gasteiger partial charge in [-0.2, -0.15) is 0 Å². The van der Waals surface area contributed by atoms with Gasteiger partial charge in [0.25, 0.3) is 0 Å². The molecule has 4 fully saturated rings. The van der Waals surface area contributed by atoms with Crippen LogP contribution in [-0.2, 0) is 14.9 Å². The molecule has 2 atom stereocenters. The number of aliphatic hydroxyl groups excluding tert-OH is 2. The van der Waals surface area contributed by atoms with Gasteiger partial charge >= 0.3 is 6.09 Å². The Bertz CT molecular complexity index is 1030. The summed E-state index contributed by atoms with van der Waals surface area (Å²) in [6.45, 7) is 6.69. The first-order valence-corrected chi connectivity index (χ1v) is 15.5. The molecule has 9 nitrogen and oxygen atoms in total. The zero-order valence-electron chi connectivity index (χ0n) is 23.4. The summed E-state index contributed by atoms with van der Waals surface area (Å²) in [4.78, 5) is 27.4. The van der Waals surface area contributed by atoms with Crippen molar-refractivity contribution in [2.75, 3.05) is 11.4 Å². The number of hydrogen-bond acceptors (Lipinski definition) is 8. The lowest BCUT2D eigenvalue weighted by Crippen LogP contribution is -2.51. The van der Waals surface area contributed by atoms with Crippen molar-refractivity contribution >= 4 is 29.0 Å². The van der Waals surface area contributed by atoms with E-state index in [-0.39, 0.29) is 35.7 Å². The van der Waals surface area contributed by atoms with Gasteiger partial charge in [0.1, 0.15) is 12.3 Å². The Morgan fingerprint density at radius 3 is 2.31 bits per heavy atom. The fourth-order valence-corrected chi connectivity index (χ4v) is 7.76. The van der Waals surface area contributed by atoms with Gasteiger partial charge in [0, 0.05) is 22.9 Å². The van der Waals surface area contributed by atoms with Crippen molar-refractivity contribution in [2.45, 2.75) is 128 Å². The predicted molar refractivity (Wildman–Crippen MR) is 149 cm³/mol. The molecule has 1 aromatic heterocycles. The van der Waals surface area contributed by atoms with Crippen LogP contribution >= 0.6 is 11.3 Å². The molecule has 2 heterocycles. The van der Waals surface area contributed by atoms with Crippen LogP contribution in [0.2, 0.25) is 0 Å². The van der Waals surface area contributed by atoms with Gasteiger partial charge in [-0.25, -0.2) is 4.79 Å². The Kier molecular flexibility index (Phi) is 8.21. The van der Waals surface area contributed by atoms with E-state index in [9.17, 15) is 24.9 Å². The zero-order chi connectivity index (χ0) is 27.9. The van der Waals surface area contributed by atoms with Crippen LogP contribution in [0.15, 0.2) is 6.07 Å². The second-order valence-electron chi connectivity index (χ2n) is 13.3. The molecule has 0 aromatic carbocycles. The minimum atomic E-state index is -1.61. The summed E-state index contributed by atoms with van der Waals surface area (Å²) in [5.74, 6) is 0.0408. The fourth-order valence-electron chi connectivity index (χ4n) is 6.67. The van der Waals surface area contributed by atoms with Gasteiger partial charge in [0.2, 0.25) is 5.91 Å². The van der Waals surface area contributed by atoms with Gasteiger partial charge in [-0.15, -0.1) is 11.3 Å². The number of alkyl carbamates (subject to hydrolysis) is 1. The number of ether oxygens (including phenoxy) is 1. The molecule has 3 saturated carbocycles. The largest absolute Gasteiger partial charge is 0.444 e. The van der Waals surface area contributed by atoms with E-state index in [1.54, 1.807) is 0 Å². The summed E-state index contributed by atoms with van der Waals surface area (Å²) in [7, 11) is 0. The molecule has 1 aromatic rings. The predicted octanol–water partition coefficient (Wildman–Crippen LogP) is 4.05. The van der Waals surface area contributed by atoms with Crippen LogP contribution in [0.25, 0.3) is 0 Å². The number of amides is 2. The Labute approximate surface area is 235 Å². The monoisotopic (exact) mass is 563 g/mol. The molecule has 218 valence electrons. The fraction of sp³-hybridized carbons (Fsp3) is 0.793. The lowest BCUT2D eigenvalue weighted by atomic mass is 9.78. The van der Waals surface area contributed by atoms with E-state index in [1.807, 2.05) is 6.07 Å². The first-order chi connectivity index (χ1) is 18.4. The van der Waals surface area contributed by atoms with Gasteiger partial charge in [-0.1, -0.05) is 20.8 Å². The van der Waals surface area contributed by atoms with Gasteiger partial charge in [-0.3, -0.25) is 4.79 Å². The van der Waals surface area contributed by atoms with Crippen LogP contribution in [0, 0.1) is 11.3 Å². The van der Waals surface area contributed by atoms with Crippen molar-refractivity contribution in [3.63, 3.8) is 0 Å². The van der Waals surface area contributed by atoms with Crippen molar-refractivity contribution in [3.05, 3.63) is 15.8 Å². The number of nitrogens with zero attached hydrogens (tertiary/aromatic N) is 1. The lowest BCUT2D eigenvalue weighted by molar-refractivity contribution is -0.119. The molecule has 39 heavy (non-hydrogen) atoms. The standard InChI is InChI=1S/C29H45N3O6S/c1-28(2,3)22-15-21(24(39-22)26(35)36)32(25(34)17-8-10-29(11-9-17)12-13-29)19-6-4-18(5-7-19)31-27(37)38-20-14-23(33)30-16-20/h15,17-20,25-26,34-36H,4-14,16H2,1-3H3,(H,30,33)(H,31,37). The number of nitrogens with one attached hydrogen (secondary N) is 2. The Morgan fingerprint density at radius 2 is 1.77 bits per heavy atom. The van der Waals surface area contributed by atoms with Crippen LogP contribution in [0.1, 0.15) is 107 Å². The summed E-state index contributed by atoms with van der Waals surface area (Å²) < 4.78 is 5.41. The summed E-state index contributed by atoms with van der Waals surface area (Å²) >= 11 is 1.41. The first-order valence-electron chi connectivity index (χ1n) is 14.6. The molecule has 2 amide bonds. The van der Waals surface area contributed by atoms with Gasteiger partial charge in [0.05, 0.1) is 23.5 Å². The molecule has 1 saturated heterocycles. The Balaban J connectivity index is 1.30. The van der Waals surface area contributed by atoms with Crippen molar-refractivity contribution in [2.24, 2.45) is 11.3 Å². The third-order valence-corrected chi connectivity index (χ3v) is 11.0. The molecule has 3 aliphatic carbocycles. The highest BCUT2D eigenvalue weighted by molar-refractivity contribution is 7.12. The summed E-state index contributed by atoms with van der Waals surface area (Å²) in [6.07, 6.45) is 6.87. The summed E-state index contributed by atoms with van der Waals surface area (Å²) in [5.41, 5.74) is 1.09. The lowest BCUT2D eigenvalue weighted by Gasteiger charge is -2.45. The van der Waals surface area contributed by atoms with E-state index >= 15 is 0 Å². The second kappa shape index (κ2) is 11.2. The highest BCUT2D eigenvalue weighted by Gasteiger charge is 2.47. The van der Waals surface area contributed by atoms with Crippen molar-refractivity contribution < 1.29 is 29.6 Å². The molecular formula is C29H45N3O6S. The molecule has 2 unspecified atom stereocenters. The average molecular weight is 564 g/mol. The van der Waals surface area contributed by atoms with E-state index in [2.05, 4.69) is 36.3 Å². The number of anilines is 1. The molecule has 0 radical (unpaired) electrons. The number of hydrogen-bond donors (Lipinski definition) is 5. The molecule has 5 N–H and O–H groups in total. The molecule has 5 rings (SSSR count). The minimum Gasteiger partial charge on any atom is -0.444 e. The highest BCUT2D eigenvalue weighted by atomic mass is 32.1. The summed E-state index contributed by atoms with van der Waals surface area (Å²) in [5, 5.41) is 38.2. The third kappa shape index (κ3) is 6.55. The van der Waals surface area contributed by atoms with Crippen molar-refractivity contribution in [1.82, 2.24) is 10.6 Å². The Hall–Kier alpha value is -1.88. The van der Waals surface area contributed by atoms with E-state index in [1.165, 1.54) is 24.2 Å². The van der Waals surface area contributed by atoms with E-state index in [4.69, 9.17) is 4.74 Å². The SMILES string of the molecule is CC(C)(C)c1cc(N(C2CCC(NC(=O)OC3CNC(=O)C3)CC2)C(O)C2CCC3(CC2)CC3)c(C(O)O)s1. The van der Waals surface area contributed by atoms with Crippen LogP contribution in [-0.4, -0.2) is 58.3 Å². The molecule has 1 spiro atoms. The number of thiophene rings is 1. The van der Waals surface area contributed by atoms with Crippen molar-refractivity contribution in [3.8, 4) is 0 Å². The van der Waals surface area contributed by atoms with Gasteiger partial charge in [-0.05, 0) is 81.1 Å². The van der Waals surface area contributed by atoms with E-state index in [0.717, 1.165) is 61.9 Å². The number of aliphatic hydroxyl groups is 3. The molecule has 4 aliphatic rings. The summed E-state index contributed by atoms with van der Waals surface area (Å²) in [6, 6.07) is 2.02. The van der Waals surface area contributed by atoms with Crippen LogP contribution < -0.4 is 15.5 Å². The normalized spacial score (nSPS) is 27.9. The van der Waals surface area contributed by atoms with E-state index < -0.39 is 24.7 Å². The molecule has 0 bridgehead atoms. The molecular weight excluding hydrogens is 518 g/mol. The molecule has 10 heteroatoms. The number of rotatable bonds is 7. The van der Waals surface area contributed by atoms with Gasteiger partial charge < -0.3 is 35.6 Å². The Morgan fingerprint density at radius 1 is 1.10 bits per heavy atom. The maximum atomic E-state index is 12.4. The first kappa shape index (κ1) is 28.6. The number of carbonyl (C=O) groups is 2. The highest BCUT2D eigenvalue weighted by Crippen LogP contribution is 2.58. The van der Waals surface area contributed by atoms with Crippen LogP contribution in [0.3, 0.4) is 0 Å². The second-order valence-corrected chi connectivity index (χ2v) is 14.4. The third-order valence-electron chi connectivity index (χ3n) is 9.37. The minimum absolute atomic E-state index is 0.0162. The maximum absolute atomic E-state index is 12.4. The van der Waals surface area contributed by atoms with Crippen LogP contribution in [0.4, 0.5) is 10.5 Å². The quantitative estimate of drug-likeness (QED) is 0.316. The average Bonchev–Trinajstić information content (AvgIpc) is 3.26. The van der Waals surface area contributed by atoms with Crippen molar-refractivity contribution in [1.29, 1.82) is 0 Å². The number of carbonyl (C=O) groups excluding carboxylic acids is 2.